The summed E-state index contributed by atoms with van der Waals surface area (Å²) in [7, 11) is 0. The van der Waals surface area contributed by atoms with E-state index >= 15 is 0 Å². The van der Waals surface area contributed by atoms with Gasteiger partial charge in [-0.15, -0.1) is 0 Å². The van der Waals surface area contributed by atoms with E-state index in [-0.39, 0.29) is 5.03 Å². The van der Waals surface area contributed by atoms with Crippen LogP contribution in [-0.2, 0) is 4.79 Å². The molecule has 0 fully saturated rings. The molecule has 1 nitrogen and oxygen atoms in total. The Balaban J connectivity index is 3.20. The van der Waals surface area contributed by atoms with E-state index in [0.29, 0.717) is 0 Å². The van der Waals surface area contributed by atoms with E-state index in [0.717, 1.165) is 0 Å². The highest BCUT2D eigenvalue weighted by molar-refractivity contribution is 6.38. The fraction of sp³-hybridized carbons (Fsp3) is 0. The van der Waals surface area contributed by atoms with Crippen molar-refractivity contribution >= 4 is 17.9 Å². The van der Waals surface area contributed by atoms with Gasteiger partial charge in [-0.05, 0) is 0 Å². The zero-order valence-electron chi connectivity index (χ0n) is 2.49. The van der Waals surface area contributed by atoms with Crippen molar-refractivity contribution in [3.63, 3.8) is 0 Å². The molecule has 2 heteroatoms. The molecule has 0 saturated heterocycles. The third-order valence-electron chi connectivity index (χ3n) is 0.111. The van der Waals surface area contributed by atoms with Gasteiger partial charge in [0.1, 0.15) is 0 Å². The van der Waals surface area contributed by atoms with Gasteiger partial charge < -0.3 is 0 Å². The molecule has 0 aliphatic rings. The molecule has 0 aliphatic carbocycles. The average molecular weight is 89.5 g/mol. The Hall–Kier alpha value is -0.300. The highest BCUT2D eigenvalue weighted by Gasteiger charge is 1.73. The second-order valence-corrected chi connectivity index (χ2v) is 0.963. The Kier molecular flexibility index (Phi) is 1.85. The van der Waals surface area contributed by atoms with Gasteiger partial charge in [0.15, 0.2) is 0 Å². The van der Waals surface area contributed by atoms with E-state index in [1.54, 1.807) is 0 Å². The first-order chi connectivity index (χ1) is 2.27. The van der Waals surface area contributed by atoms with Gasteiger partial charge in [-0.2, -0.15) is 0 Å². The molecule has 0 spiro atoms. The van der Waals surface area contributed by atoms with Crippen LogP contribution in [0.3, 0.4) is 0 Å². The molecule has 0 amide bonds. The van der Waals surface area contributed by atoms with Crippen LogP contribution in [0.25, 0.3) is 0 Å². The zero-order valence-corrected chi connectivity index (χ0v) is 3.25. The lowest BCUT2D eigenvalue weighted by molar-refractivity contribution is 0.563. The van der Waals surface area contributed by atoms with Crippen LogP contribution in [0.2, 0.25) is 0 Å². The van der Waals surface area contributed by atoms with Gasteiger partial charge in [-0.3, -0.25) is 4.79 Å². The average Bonchev–Trinajstić information content (AvgIpc) is 1.38. The van der Waals surface area contributed by atoms with Gasteiger partial charge in [-0.1, -0.05) is 18.2 Å². The number of hydrogen-bond acceptors (Lipinski definition) is 1. The van der Waals surface area contributed by atoms with E-state index in [1.807, 2.05) is 0 Å². The number of hydrogen-bond donors (Lipinski definition) is 0. The van der Waals surface area contributed by atoms with Crippen molar-refractivity contribution in [1.82, 2.24) is 0 Å². The van der Waals surface area contributed by atoms with Crippen LogP contribution in [0.4, 0.5) is 0 Å². The molecular formula is C3H2ClO. The van der Waals surface area contributed by atoms with E-state index in [1.165, 1.54) is 6.29 Å². The number of carbonyl (C=O) groups excluding carboxylic acids is 1. The van der Waals surface area contributed by atoms with E-state index in [9.17, 15) is 0 Å². The molecule has 1 radical (unpaired) electrons. The van der Waals surface area contributed by atoms with Crippen LogP contribution in [0.5, 0.6) is 0 Å². The fourth-order valence-electron chi connectivity index (χ4n) is 0. The van der Waals surface area contributed by atoms with Crippen molar-refractivity contribution in [1.29, 1.82) is 0 Å². The lowest BCUT2D eigenvalue weighted by Crippen LogP contribution is -1.59. The van der Waals surface area contributed by atoms with Gasteiger partial charge >= 0.3 is 0 Å². The Bertz CT molecular complexity index is 57.9. The second kappa shape index (κ2) is 1.97. The maximum Gasteiger partial charge on any atom is 0.245 e. The zero-order chi connectivity index (χ0) is 4.28. The minimum Gasteiger partial charge on any atom is -0.284 e. The fourth-order valence-corrected chi connectivity index (χ4v) is 0. The summed E-state index contributed by atoms with van der Waals surface area (Å²) >= 11 is 4.84. The summed E-state index contributed by atoms with van der Waals surface area (Å²) in [5.74, 6) is 0. The van der Waals surface area contributed by atoms with Crippen LogP contribution in [0.1, 0.15) is 0 Å². The van der Waals surface area contributed by atoms with Crippen molar-refractivity contribution in [3.05, 3.63) is 11.6 Å². The quantitative estimate of drug-likeness (QED) is 0.435. The van der Waals surface area contributed by atoms with E-state index in [2.05, 4.69) is 6.58 Å². The summed E-state index contributed by atoms with van der Waals surface area (Å²) in [6, 6.07) is 0. The van der Waals surface area contributed by atoms with E-state index in [4.69, 9.17) is 16.4 Å². The summed E-state index contributed by atoms with van der Waals surface area (Å²) in [5, 5.41) is -0.0787. The van der Waals surface area contributed by atoms with Gasteiger partial charge in [0.2, 0.25) is 6.29 Å². The van der Waals surface area contributed by atoms with E-state index < -0.39 is 0 Å². The third kappa shape index (κ3) is 3.70. The largest absolute Gasteiger partial charge is 0.284 e. The molecular weight excluding hydrogens is 87.5 g/mol. The van der Waals surface area contributed by atoms with Crippen LogP contribution in [0.15, 0.2) is 11.6 Å². The lowest BCUT2D eigenvalue weighted by Gasteiger charge is -1.59. The monoisotopic (exact) mass is 89.0 g/mol. The Morgan fingerprint density at radius 3 is 2.20 bits per heavy atom. The minimum atomic E-state index is -0.0787. The normalized spacial score (nSPS) is 6.60. The van der Waals surface area contributed by atoms with Crippen LogP contribution >= 0.6 is 11.6 Å². The molecule has 0 bridgehead atoms. The molecule has 0 heterocycles. The molecule has 27 valence electrons. The standard InChI is InChI=1S/C3H2ClO/c1-3(4)2-5/h1H2. The Morgan fingerprint density at radius 1 is 2.00 bits per heavy atom. The Morgan fingerprint density at radius 2 is 2.20 bits per heavy atom. The first-order valence-corrected chi connectivity index (χ1v) is 1.37. The number of allylic oxidation sites excluding steroid dienone is 1. The van der Waals surface area contributed by atoms with Crippen molar-refractivity contribution in [2.75, 3.05) is 0 Å². The molecule has 0 aromatic carbocycles. The molecule has 0 rings (SSSR count). The molecule has 0 atom stereocenters. The summed E-state index contributed by atoms with van der Waals surface area (Å²) in [6.07, 6.45) is 1.35. The molecule has 0 saturated carbocycles. The van der Waals surface area contributed by atoms with Gasteiger partial charge in [0, 0.05) is 0 Å². The summed E-state index contributed by atoms with van der Waals surface area (Å²) in [4.78, 5) is 9.15. The van der Waals surface area contributed by atoms with Gasteiger partial charge in [0.25, 0.3) is 0 Å². The molecule has 0 unspecified atom stereocenters. The minimum absolute atomic E-state index is 0.0787. The van der Waals surface area contributed by atoms with Crippen molar-refractivity contribution in [3.8, 4) is 0 Å². The lowest BCUT2D eigenvalue weighted by atomic mass is 10.7. The molecule has 0 N–H and O–H groups in total. The first kappa shape index (κ1) is 4.70. The third-order valence-corrected chi connectivity index (χ3v) is 0.188. The first-order valence-electron chi connectivity index (χ1n) is 0.997. The van der Waals surface area contributed by atoms with Crippen molar-refractivity contribution in [2.45, 2.75) is 0 Å². The van der Waals surface area contributed by atoms with Crippen LogP contribution < -0.4 is 0 Å². The van der Waals surface area contributed by atoms with Gasteiger partial charge in [0.05, 0.1) is 5.03 Å². The highest BCUT2D eigenvalue weighted by atomic mass is 35.5. The second-order valence-electron chi connectivity index (χ2n) is 0.507. The van der Waals surface area contributed by atoms with Crippen molar-refractivity contribution in [2.24, 2.45) is 0 Å². The predicted molar refractivity (Wildman–Crippen MR) is 20.7 cm³/mol. The predicted octanol–water partition coefficient (Wildman–Crippen LogP) is 0.849. The molecule has 0 aromatic heterocycles. The van der Waals surface area contributed by atoms with Gasteiger partial charge in [-0.25, -0.2) is 0 Å². The summed E-state index contributed by atoms with van der Waals surface area (Å²) in [6.45, 7) is 3.02. The maximum atomic E-state index is 9.15. The number of rotatable bonds is 1. The van der Waals surface area contributed by atoms with Crippen molar-refractivity contribution < 1.29 is 4.79 Å². The summed E-state index contributed by atoms with van der Waals surface area (Å²) < 4.78 is 0. The topological polar surface area (TPSA) is 17.1 Å². The molecule has 5 heavy (non-hydrogen) atoms. The molecule has 0 aliphatic heterocycles. The highest BCUT2D eigenvalue weighted by Crippen LogP contribution is 1.85. The smallest absolute Gasteiger partial charge is 0.245 e. The van der Waals surface area contributed by atoms with Crippen LogP contribution in [-0.4, -0.2) is 6.29 Å². The molecule has 0 aromatic rings. The number of halogens is 1. The Labute approximate surface area is 35.2 Å². The SMILES string of the molecule is C=C(Cl)[C]=O. The maximum absolute atomic E-state index is 9.15. The summed E-state index contributed by atoms with van der Waals surface area (Å²) in [5.41, 5.74) is 0. The van der Waals surface area contributed by atoms with Crippen LogP contribution in [0, 0.1) is 0 Å².